The van der Waals surface area contributed by atoms with Crippen LogP contribution in [-0.2, 0) is 11.3 Å². The lowest BCUT2D eigenvalue weighted by Crippen LogP contribution is -1.97. The van der Waals surface area contributed by atoms with Crippen molar-refractivity contribution in [1.82, 2.24) is 4.98 Å². The Morgan fingerprint density at radius 2 is 2.37 bits per heavy atom. The van der Waals surface area contributed by atoms with Gasteiger partial charge in [0.15, 0.2) is 4.47 Å². The highest BCUT2D eigenvalue weighted by Gasteiger charge is 1.99. The van der Waals surface area contributed by atoms with Gasteiger partial charge in [-0.15, -0.1) is 11.3 Å². The van der Waals surface area contributed by atoms with Crippen molar-refractivity contribution >= 4 is 40.7 Å². The Balaban J connectivity index is 2.00. The van der Waals surface area contributed by atoms with Gasteiger partial charge < -0.3 is 10.4 Å². The maximum absolute atomic E-state index is 10.5. The molecule has 0 saturated carbocycles. The number of hydrogen-bond acceptors (Lipinski definition) is 4. The van der Waals surface area contributed by atoms with Crippen LogP contribution in [0.4, 0.5) is 5.69 Å². The fourth-order valence-corrected chi connectivity index (χ4v) is 2.39. The molecule has 0 bridgehead atoms. The molecule has 4 nitrogen and oxygen atoms in total. The second-order valence-electron chi connectivity index (χ2n) is 3.73. The van der Waals surface area contributed by atoms with Gasteiger partial charge in [-0.05, 0) is 23.8 Å². The molecule has 0 atom stereocenters. The molecule has 0 amide bonds. The number of hydrogen-bond donors (Lipinski definition) is 2. The zero-order valence-corrected chi connectivity index (χ0v) is 11.4. The Kier molecular flexibility index (Phi) is 4.54. The van der Waals surface area contributed by atoms with E-state index in [-0.39, 0.29) is 0 Å². The molecule has 1 aromatic carbocycles. The predicted octanol–water partition coefficient (Wildman–Crippen LogP) is 3.51. The van der Waals surface area contributed by atoms with E-state index >= 15 is 0 Å². The lowest BCUT2D eigenvalue weighted by Gasteiger charge is -2.05. The van der Waals surface area contributed by atoms with Gasteiger partial charge in [0.05, 0.1) is 6.54 Å². The number of carboxylic acid groups (broad SMARTS) is 1. The molecule has 0 spiro atoms. The van der Waals surface area contributed by atoms with Gasteiger partial charge in [0.25, 0.3) is 0 Å². The second kappa shape index (κ2) is 6.36. The number of benzene rings is 1. The Morgan fingerprint density at radius 1 is 1.53 bits per heavy atom. The first kappa shape index (κ1) is 13.6. The Bertz CT molecular complexity index is 610. The quantitative estimate of drug-likeness (QED) is 0.829. The largest absolute Gasteiger partial charge is 0.478 e. The Morgan fingerprint density at radius 3 is 3.05 bits per heavy atom. The highest BCUT2D eigenvalue weighted by atomic mass is 35.5. The minimum absolute atomic E-state index is 0.523. The molecule has 1 heterocycles. The number of aromatic nitrogens is 1. The SMILES string of the molecule is O=C(O)C=Cc1cccc(NCc2cnc(Cl)s2)c1. The van der Waals surface area contributed by atoms with E-state index < -0.39 is 5.97 Å². The lowest BCUT2D eigenvalue weighted by atomic mass is 10.2. The van der Waals surface area contributed by atoms with E-state index in [0.717, 1.165) is 22.2 Å². The van der Waals surface area contributed by atoms with E-state index in [1.165, 1.54) is 11.3 Å². The minimum Gasteiger partial charge on any atom is -0.478 e. The average molecular weight is 295 g/mol. The number of nitrogens with one attached hydrogen (secondary N) is 1. The summed E-state index contributed by atoms with van der Waals surface area (Å²) in [7, 11) is 0. The van der Waals surface area contributed by atoms with E-state index in [4.69, 9.17) is 16.7 Å². The van der Waals surface area contributed by atoms with Crippen LogP contribution >= 0.6 is 22.9 Å². The smallest absolute Gasteiger partial charge is 0.328 e. The van der Waals surface area contributed by atoms with Crippen molar-refractivity contribution < 1.29 is 9.90 Å². The van der Waals surface area contributed by atoms with Crippen molar-refractivity contribution in [2.75, 3.05) is 5.32 Å². The summed E-state index contributed by atoms with van der Waals surface area (Å²) >= 11 is 7.18. The molecule has 0 fully saturated rings. The van der Waals surface area contributed by atoms with Crippen LogP contribution in [0.2, 0.25) is 4.47 Å². The van der Waals surface area contributed by atoms with Gasteiger partial charge in [0, 0.05) is 22.8 Å². The van der Waals surface area contributed by atoms with Gasteiger partial charge in [-0.2, -0.15) is 0 Å². The lowest BCUT2D eigenvalue weighted by molar-refractivity contribution is -0.131. The van der Waals surface area contributed by atoms with Crippen molar-refractivity contribution in [2.24, 2.45) is 0 Å². The van der Waals surface area contributed by atoms with E-state index in [1.54, 1.807) is 12.3 Å². The normalized spacial score (nSPS) is 10.8. The molecular formula is C13H11ClN2O2S. The molecule has 2 aromatic rings. The third-order valence-corrected chi connectivity index (χ3v) is 3.41. The number of halogens is 1. The summed E-state index contributed by atoms with van der Waals surface area (Å²) in [5.74, 6) is -0.960. The summed E-state index contributed by atoms with van der Waals surface area (Å²) in [5.41, 5.74) is 1.74. The molecule has 0 aliphatic carbocycles. The molecule has 0 unspecified atom stereocenters. The highest BCUT2D eigenvalue weighted by Crippen LogP contribution is 2.19. The third-order valence-electron chi connectivity index (χ3n) is 2.30. The average Bonchev–Trinajstić information content (AvgIpc) is 2.80. The van der Waals surface area contributed by atoms with E-state index in [2.05, 4.69) is 10.3 Å². The second-order valence-corrected chi connectivity index (χ2v) is 5.43. The van der Waals surface area contributed by atoms with Crippen LogP contribution in [0.15, 0.2) is 36.5 Å². The van der Waals surface area contributed by atoms with Gasteiger partial charge in [0.1, 0.15) is 0 Å². The summed E-state index contributed by atoms with van der Waals surface area (Å²) in [4.78, 5) is 15.5. The number of anilines is 1. The van der Waals surface area contributed by atoms with Crippen LogP contribution in [0.3, 0.4) is 0 Å². The summed E-state index contributed by atoms with van der Waals surface area (Å²) in [6, 6.07) is 7.50. The van der Waals surface area contributed by atoms with Crippen LogP contribution in [0.25, 0.3) is 6.08 Å². The summed E-state index contributed by atoms with van der Waals surface area (Å²) in [6.45, 7) is 0.635. The van der Waals surface area contributed by atoms with Crippen molar-refractivity contribution in [3.8, 4) is 0 Å². The third kappa shape index (κ3) is 4.39. The maximum Gasteiger partial charge on any atom is 0.328 e. The summed E-state index contributed by atoms with van der Waals surface area (Å²) < 4.78 is 0.523. The van der Waals surface area contributed by atoms with E-state index in [0.29, 0.717) is 11.0 Å². The monoisotopic (exact) mass is 294 g/mol. The number of thiazole rings is 1. The van der Waals surface area contributed by atoms with Crippen LogP contribution in [0, 0.1) is 0 Å². The molecule has 0 aliphatic rings. The van der Waals surface area contributed by atoms with Gasteiger partial charge >= 0.3 is 5.97 Å². The molecule has 0 aliphatic heterocycles. The van der Waals surface area contributed by atoms with Gasteiger partial charge in [-0.3, -0.25) is 0 Å². The van der Waals surface area contributed by atoms with Crippen molar-refractivity contribution in [2.45, 2.75) is 6.54 Å². The van der Waals surface area contributed by atoms with Gasteiger partial charge in [0.2, 0.25) is 0 Å². The predicted molar refractivity (Wildman–Crippen MR) is 77.6 cm³/mol. The Labute approximate surface area is 119 Å². The molecule has 0 saturated heterocycles. The van der Waals surface area contributed by atoms with Crippen LogP contribution in [-0.4, -0.2) is 16.1 Å². The molecule has 2 N–H and O–H groups in total. The minimum atomic E-state index is -0.960. The topological polar surface area (TPSA) is 62.2 Å². The molecular weight excluding hydrogens is 284 g/mol. The molecule has 19 heavy (non-hydrogen) atoms. The number of nitrogens with zero attached hydrogens (tertiary/aromatic N) is 1. The summed E-state index contributed by atoms with van der Waals surface area (Å²) in [6.07, 6.45) is 4.40. The molecule has 98 valence electrons. The maximum atomic E-state index is 10.5. The molecule has 1 aromatic heterocycles. The number of rotatable bonds is 5. The first-order chi connectivity index (χ1) is 9.13. The first-order valence-corrected chi connectivity index (χ1v) is 6.68. The first-order valence-electron chi connectivity index (χ1n) is 5.48. The zero-order valence-electron chi connectivity index (χ0n) is 9.84. The molecule has 2 rings (SSSR count). The number of aliphatic carboxylic acids is 1. The van der Waals surface area contributed by atoms with Crippen molar-refractivity contribution in [1.29, 1.82) is 0 Å². The highest BCUT2D eigenvalue weighted by molar-refractivity contribution is 7.15. The van der Waals surface area contributed by atoms with Crippen molar-refractivity contribution in [3.05, 3.63) is 51.4 Å². The summed E-state index contributed by atoms with van der Waals surface area (Å²) in [5, 5.41) is 11.8. The molecule has 0 radical (unpaired) electrons. The fourth-order valence-electron chi connectivity index (χ4n) is 1.47. The number of carbonyl (C=O) groups is 1. The van der Waals surface area contributed by atoms with Crippen LogP contribution < -0.4 is 5.32 Å². The fraction of sp³-hybridized carbons (Fsp3) is 0.0769. The number of carboxylic acids is 1. The standard InChI is InChI=1S/C13H11ClN2O2S/c14-13-16-8-11(19-13)7-15-10-3-1-2-9(6-10)4-5-12(17)18/h1-6,8,15H,7H2,(H,17,18). The molecule has 6 heteroatoms. The van der Waals surface area contributed by atoms with Crippen LogP contribution in [0.5, 0.6) is 0 Å². The van der Waals surface area contributed by atoms with Crippen molar-refractivity contribution in [3.63, 3.8) is 0 Å². The van der Waals surface area contributed by atoms with E-state index in [9.17, 15) is 4.79 Å². The van der Waals surface area contributed by atoms with Gasteiger partial charge in [-0.1, -0.05) is 23.7 Å². The Hall–Kier alpha value is -1.85. The zero-order chi connectivity index (χ0) is 13.7. The van der Waals surface area contributed by atoms with Gasteiger partial charge in [-0.25, -0.2) is 9.78 Å². The van der Waals surface area contributed by atoms with Crippen LogP contribution in [0.1, 0.15) is 10.4 Å². The van der Waals surface area contributed by atoms with E-state index in [1.807, 2.05) is 24.3 Å².